The number of thioether (sulfide) groups is 1. The molecule has 2 rings (SSSR count). The third kappa shape index (κ3) is 2.87. The topological polar surface area (TPSA) is 41.5 Å². The molecule has 1 heterocycles. The summed E-state index contributed by atoms with van der Waals surface area (Å²) in [5.41, 5.74) is 0.823. The minimum Gasteiger partial charge on any atom is -0.497 e. The van der Waals surface area contributed by atoms with Crippen molar-refractivity contribution in [2.75, 3.05) is 24.8 Å². The molecule has 3 nitrogen and oxygen atoms in total. The lowest BCUT2D eigenvalue weighted by molar-refractivity contribution is 0.223. The fourth-order valence-electron chi connectivity index (χ4n) is 2.21. The normalized spacial score (nSPS) is 28.1. The van der Waals surface area contributed by atoms with E-state index < -0.39 is 0 Å². The Hall–Kier alpha value is -0.870. The second-order valence-corrected chi connectivity index (χ2v) is 6.05. The number of methoxy groups -OCH3 is 1. The van der Waals surface area contributed by atoms with E-state index in [2.05, 4.69) is 12.2 Å². The first-order valence-electron chi connectivity index (χ1n) is 5.82. The van der Waals surface area contributed by atoms with Gasteiger partial charge in [0, 0.05) is 22.8 Å². The molecule has 1 aliphatic heterocycles. The van der Waals surface area contributed by atoms with E-state index in [1.54, 1.807) is 7.11 Å². The Morgan fingerprint density at radius 2 is 2.41 bits per heavy atom. The van der Waals surface area contributed by atoms with E-state index in [1.807, 2.05) is 36.0 Å². The number of aliphatic hydroxyl groups excluding tert-OH is 1. The van der Waals surface area contributed by atoms with Gasteiger partial charge >= 0.3 is 0 Å². The zero-order chi connectivity index (χ0) is 12.3. The van der Waals surface area contributed by atoms with E-state index in [4.69, 9.17) is 4.74 Å². The lowest BCUT2D eigenvalue weighted by Crippen LogP contribution is -2.42. The second kappa shape index (κ2) is 5.19. The van der Waals surface area contributed by atoms with E-state index in [0.717, 1.165) is 23.6 Å². The number of benzene rings is 1. The van der Waals surface area contributed by atoms with Gasteiger partial charge in [0.1, 0.15) is 5.75 Å². The zero-order valence-electron chi connectivity index (χ0n) is 10.3. The molecule has 0 aliphatic carbocycles. The summed E-state index contributed by atoms with van der Waals surface area (Å²) in [6.45, 7) is 2.37. The SMILES string of the molecule is COc1cccc(NC2(CO)CSC(C)C2)c1. The van der Waals surface area contributed by atoms with Gasteiger partial charge < -0.3 is 15.2 Å². The quantitative estimate of drug-likeness (QED) is 0.864. The summed E-state index contributed by atoms with van der Waals surface area (Å²) in [6, 6.07) is 7.85. The monoisotopic (exact) mass is 253 g/mol. The van der Waals surface area contributed by atoms with Gasteiger partial charge in [0.25, 0.3) is 0 Å². The van der Waals surface area contributed by atoms with Crippen LogP contribution < -0.4 is 10.1 Å². The molecule has 0 saturated carbocycles. The van der Waals surface area contributed by atoms with Crippen molar-refractivity contribution in [3.05, 3.63) is 24.3 Å². The summed E-state index contributed by atoms with van der Waals surface area (Å²) < 4.78 is 5.20. The van der Waals surface area contributed by atoms with Gasteiger partial charge in [-0.3, -0.25) is 0 Å². The van der Waals surface area contributed by atoms with Crippen LogP contribution in [0.15, 0.2) is 24.3 Å². The number of hydrogen-bond acceptors (Lipinski definition) is 4. The van der Waals surface area contributed by atoms with Gasteiger partial charge in [0.05, 0.1) is 19.3 Å². The molecule has 0 bridgehead atoms. The summed E-state index contributed by atoms with van der Waals surface area (Å²) >= 11 is 1.90. The molecule has 1 saturated heterocycles. The van der Waals surface area contributed by atoms with Gasteiger partial charge in [0.15, 0.2) is 0 Å². The third-order valence-electron chi connectivity index (χ3n) is 3.10. The highest BCUT2D eigenvalue weighted by atomic mass is 32.2. The number of rotatable bonds is 4. The van der Waals surface area contributed by atoms with Gasteiger partial charge in [0.2, 0.25) is 0 Å². The molecule has 0 aromatic heterocycles. The Bertz CT molecular complexity index is 385. The van der Waals surface area contributed by atoms with Gasteiger partial charge in [-0.2, -0.15) is 11.8 Å². The minimum atomic E-state index is -0.184. The van der Waals surface area contributed by atoms with E-state index in [1.165, 1.54) is 0 Å². The van der Waals surface area contributed by atoms with Crippen LogP contribution in [0.5, 0.6) is 5.75 Å². The summed E-state index contributed by atoms with van der Waals surface area (Å²) in [7, 11) is 1.66. The predicted molar refractivity (Wildman–Crippen MR) is 73.0 cm³/mol. The van der Waals surface area contributed by atoms with Gasteiger partial charge in [-0.1, -0.05) is 13.0 Å². The number of hydrogen-bond donors (Lipinski definition) is 2. The lowest BCUT2D eigenvalue weighted by Gasteiger charge is -2.29. The average Bonchev–Trinajstić information content (AvgIpc) is 2.72. The molecule has 0 radical (unpaired) electrons. The standard InChI is InChI=1S/C13H19NO2S/c1-10-7-13(8-15,9-17-10)14-11-4-3-5-12(6-11)16-2/h3-6,10,14-15H,7-9H2,1-2H3. The molecule has 0 spiro atoms. The molecular weight excluding hydrogens is 234 g/mol. The lowest BCUT2D eigenvalue weighted by atomic mass is 9.97. The summed E-state index contributed by atoms with van der Waals surface area (Å²) in [6.07, 6.45) is 0.991. The number of nitrogens with one attached hydrogen (secondary N) is 1. The Kier molecular flexibility index (Phi) is 3.84. The number of ether oxygens (including phenoxy) is 1. The summed E-state index contributed by atoms with van der Waals surface area (Å²) in [5, 5.41) is 13.7. The highest BCUT2D eigenvalue weighted by molar-refractivity contribution is 8.00. The maximum absolute atomic E-state index is 9.62. The zero-order valence-corrected chi connectivity index (χ0v) is 11.1. The molecule has 2 unspecified atom stereocenters. The van der Waals surface area contributed by atoms with Crippen molar-refractivity contribution in [1.29, 1.82) is 0 Å². The number of anilines is 1. The van der Waals surface area contributed by atoms with Crippen LogP contribution in [0.4, 0.5) is 5.69 Å². The summed E-state index contributed by atoms with van der Waals surface area (Å²) in [4.78, 5) is 0. The largest absolute Gasteiger partial charge is 0.497 e. The first-order chi connectivity index (χ1) is 8.17. The van der Waals surface area contributed by atoms with Crippen molar-refractivity contribution in [2.24, 2.45) is 0 Å². The Balaban J connectivity index is 2.12. The smallest absolute Gasteiger partial charge is 0.120 e. The van der Waals surface area contributed by atoms with Gasteiger partial charge in [-0.05, 0) is 18.6 Å². The highest BCUT2D eigenvalue weighted by Gasteiger charge is 2.37. The van der Waals surface area contributed by atoms with Crippen LogP contribution in [-0.2, 0) is 0 Å². The molecule has 17 heavy (non-hydrogen) atoms. The van der Waals surface area contributed by atoms with Crippen LogP contribution in [-0.4, -0.2) is 35.4 Å². The Morgan fingerprint density at radius 3 is 3.00 bits per heavy atom. The third-order valence-corrected chi connectivity index (χ3v) is 4.56. The van der Waals surface area contributed by atoms with Crippen LogP contribution in [0.2, 0.25) is 0 Å². The van der Waals surface area contributed by atoms with Crippen molar-refractivity contribution in [2.45, 2.75) is 24.1 Å². The second-order valence-electron chi connectivity index (χ2n) is 4.62. The van der Waals surface area contributed by atoms with Crippen LogP contribution in [0.1, 0.15) is 13.3 Å². The van der Waals surface area contributed by atoms with Crippen molar-refractivity contribution < 1.29 is 9.84 Å². The van der Waals surface area contributed by atoms with E-state index in [-0.39, 0.29) is 12.1 Å². The Morgan fingerprint density at radius 1 is 1.59 bits per heavy atom. The molecule has 1 aromatic rings. The van der Waals surface area contributed by atoms with E-state index in [0.29, 0.717) is 5.25 Å². The number of aliphatic hydroxyl groups is 1. The molecule has 1 aromatic carbocycles. The molecule has 94 valence electrons. The van der Waals surface area contributed by atoms with E-state index in [9.17, 15) is 5.11 Å². The first-order valence-corrected chi connectivity index (χ1v) is 6.87. The van der Waals surface area contributed by atoms with Gasteiger partial charge in [-0.25, -0.2) is 0 Å². The maximum atomic E-state index is 9.62. The van der Waals surface area contributed by atoms with Crippen molar-refractivity contribution in [3.63, 3.8) is 0 Å². The van der Waals surface area contributed by atoms with E-state index >= 15 is 0 Å². The van der Waals surface area contributed by atoms with Crippen LogP contribution in [0.3, 0.4) is 0 Å². The van der Waals surface area contributed by atoms with Crippen molar-refractivity contribution in [3.8, 4) is 5.75 Å². The molecule has 0 amide bonds. The molecule has 1 fully saturated rings. The predicted octanol–water partition coefficient (Wildman–Crippen LogP) is 2.36. The van der Waals surface area contributed by atoms with Gasteiger partial charge in [-0.15, -0.1) is 0 Å². The van der Waals surface area contributed by atoms with Crippen molar-refractivity contribution >= 4 is 17.4 Å². The molecular formula is C13H19NO2S. The fourth-order valence-corrected chi connectivity index (χ4v) is 3.54. The Labute approximate surface area is 107 Å². The maximum Gasteiger partial charge on any atom is 0.120 e. The average molecular weight is 253 g/mol. The first kappa shape index (κ1) is 12.6. The van der Waals surface area contributed by atoms with Crippen LogP contribution >= 0.6 is 11.8 Å². The highest BCUT2D eigenvalue weighted by Crippen LogP contribution is 2.36. The van der Waals surface area contributed by atoms with Crippen molar-refractivity contribution in [1.82, 2.24) is 0 Å². The molecule has 4 heteroatoms. The fraction of sp³-hybridized carbons (Fsp3) is 0.538. The molecule has 2 N–H and O–H groups in total. The molecule has 2 atom stereocenters. The van der Waals surface area contributed by atoms with Crippen LogP contribution in [0.25, 0.3) is 0 Å². The molecule has 1 aliphatic rings. The summed E-state index contributed by atoms with van der Waals surface area (Å²) in [5.74, 6) is 1.78. The minimum absolute atomic E-state index is 0.168. The van der Waals surface area contributed by atoms with Crippen LogP contribution in [0, 0.1) is 0 Å².